The molecule has 3 heterocycles. The number of esters is 1. The molecule has 10 nitrogen and oxygen atoms in total. The van der Waals surface area contributed by atoms with Crippen molar-refractivity contribution >= 4 is 37.9 Å². The molecule has 43 heavy (non-hydrogen) atoms. The van der Waals surface area contributed by atoms with Crippen LogP contribution in [-0.2, 0) is 36.7 Å². The van der Waals surface area contributed by atoms with Crippen LogP contribution >= 0.6 is 11.8 Å². The van der Waals surface area contributed by atoms with E-state index < -0.39 is 26.1 Å². The largest absolute Gasteiger partial charge is 1.00 e. The molecular formula is C30H37IN4O6SSi. The fourth-order valence-electron chi connectivity index (χ4n) is 5.54. The van der Waals surface area contributed by atoms with E-state index in [9.17, 15) is 19.6 Å². The highest BCUT2D eigenvalue weighted by molar-refractivity contribution is 7.99. The Morgan fingerprint density at radius 1 is 1.16 bits per heavy atom. The van der Waals surface area contributed by atoms with Crippen LogP contribution in [0.3, 0.4) is 0 Å². The van der Waals surface area contributed by atoms with Crippen molar-refractivity contribution in [2.75, 3.05) is 12.9 Å². The highest BCUT2D eigenvalue weighted by Crippen LogP contribution is 2.50. The average Bonchev–Trinajstić information content (AvgIpc) is 3.19. The third kappa shape index (κ3) is 8.17. The number of β-lactam (4-membered cyclic amide) rings is 1. The van der Waals surface area contributed by atoms with Crippen LogP contribution in [-0.4, -0.2) is 56.0 Å². The molecule has 1 saturated heterocycles. The highest BCUT2D eigenvalue weighted by Gasteiger charge is 2.61. The number of halogens is 1. The summed E-state index contributed by atoms with van der Waals surface area (Å²) in [5, 5.41) is 9.78. The molecule has 1 fully saturated rings. The monoisotopic (exact) mass is 736 g/mol. The summed E-state index contributed by atoms with van der Waals surface area (Å²) in [6, 6.07) is 12.8. The van der Waals surface area contributed by atoms with E-state index >= 15 is 0 Å². The highest BCUT2D eigenvalue weighted by atomic mass is 127. The van der Waals surface area contributed by atoms with Crippen LogP contribution in [0.2, 0.25) is 19.6 Å². The van der Waals surface area contributed by atoms with Gasteiger partial charge in [0.05, 0.1) is 31.2 Å². The summed E-state index contributed by atoms with van der Waals surface area (Å²) >= 11 is 1.49. The molecule has 4 atom stereocenters. The summed E-state index contributed by atoms with van der Waals surface area (Å²) in [6.45, 7) is 8.21. The zero-order valence-corrected chi connectivity index (χ0v) is 28.9. The van der Waals surface area contributed by atoms with Gasteiger partial charge in [-0.15, -0.1) is 11.8 Å². The maximum atomic E-state index is 13.6. The number of thioether (sulfide) groups is 1. The molecule has 2 aliphatic heterocycles. The average molecular weight is 737 g/mol. The number of aromatic nitrogens is 1. The molecule has 4 rings (SSSR count). The number of hydrogen-bond acceptors (Lipinski definition) is 8. The summed E-state index contributed by atoms with van der Waals surface area (Å²) < 4.78 is 18.9. The van der Waals surface area contributed by atoms with E-state index in [4.69, 9.17) is 19.6 Å². The van der Waals surface area contributed by atoms with Gasteiger partial charge in [0.1, 0.15) is 18.1 Å². The Morgan fingerprint density at radius 2 is 1.81 bits per heavy atom. The van der Waals surface area contributed by atoms with Crippen molar-refractivity contribution in [3.8, 4) is 11.8 Å². The number of methoxy groups -OCH3 is 1. The first-order valence-corrected chi connectivity index (χ1v) is 18.1. The van der Waals surface area contributed by atoms with Gasteiger partial charge in [-0.25, -0.2) is 4.79 Å². The van der Waals surface area contributed by atoms with Gasteiger partial charge in [-0.1, -0.05) is 12.1 Å². The Balaban J connectivity index is 0.00000506. The molecule has 0 bridgehead atoms. The molecule has 0 unspecified atom stereocenters. The number of carbonyl (C=O) groups is 3. The second-order valence-corrected chi connectivity index (χ2v) is 16.9. The Bertz CT molecular complexity index is 1410. The van der Waals surface area contributed by atoms with Gasteiger partial charge in [-0.3, -0.25) is 9.59 Å². The number of nitriles is 1. The summed E-state index contributed by atoms with van der Waals surface area (Å²) in [7, 11) is -0.372. The standard InChI is InChI=1S/C30H36N4O6SSi.HI/c1-19(40-42(3,4)5)26-27-23(10-13-31)24(18-41-22-11-14-33(15-12-22)16-25(32)35)28(34(27)29(26)36)30(37)39-17-20-6-8-21(38-2)9-7-20;/h6-9,11-12,14-15,19,23,26-27H,10,16-18H2,1-5H3,(H-,32,35);1H/t19-,23+,26-,27-;/m1./s1. The molecule has 1 aromatic carbocycles. The molecule has 13 heteroatoms. The summed E-state index contributed by atoms with van der Waals surface area (Å²) in [6.07, 6.45) is 3.33. The minimum Gasteiger partial charge on any atom is -1.00 e. The van der Waals surface area contributed by atoms with Crippen LogP contribution in [0.5, 0.6) is 5.75 Å². The molecule has 2 aliphatic rings. The lowest BCUT2D eigenvalue weighted by Gasteiger charge is -2.49. The SMILES string of the molecule is COc1ccc(COC(=O)C2=C(CSc3cc[n+](CC(N)=O)cc3)[C@H](CC#N)[C@@H]3[C@@H]([C@@H](C)O[Si](C)(C)C)C(=O)N23)cc1.[I-]. The van der Waals surface area contributed by atoms with Gasteiger partial charge < -0.3 is 48.5 Å². The number of benzene rings is 1. The number of nitrogens with two attached hydrogens (primary N) is 1. The molecule has 0 saturated carbocycles. The van der Waals surface area contributed by atoms with Gasteiger partial charge in [0.2, 0.25) is 12.5 Å². The third-order valence-electron chi connectivity index (χ3n) is 7.27. The minimum absolute atomic E-state index is 0. The minimum atomic E-state index is -1.95. The van der Waals surface area contributed by atoms with Gasteiger partial charge in [0.25, 0.3) is 5.91 Å². The van der Waals surface area contributed by atoms with E-state index in [1.54, 1.807) is 36.2 Å². The normalized spacial score (nSPS) is 20.0. The fraction of sp³-hybridized carbons (Fsp3) is 0.433. The van der Waals surface area contributed by atoms with Crippen molar-refractivity contribution in [1.29, 1.82) is 5.26 Å². The first kappa shape index (κ1) is 34.6. The summed E-state index contributed by atoms with van der Waals surface area (Å²) in [5.74, 6) is -0.920. The predicted octanol–water partition coefficient (Wildman–Crippen LogP) is 0.172. The summed E-state index contributed by atoms with van der Waals surface area (Å²) in [5.41, 5.74) is 7.01. The van der Waals surface area contributed by atoms with Gasteiger partial charge in [0.15, 0.2) is 20.7 Å². The van der Waals surface area contributed by atoms with Gasteiger partial charge in [0, 0.05) is 35.1 Å². The van der Waals surface area contributed by atoms with E-state index in [1.807, 2.05) is 31.2 Å². The summed E-state index contributed by atoms with van der Waals surface area (Å²) in [4.78, 5) is 40.9. The number of carbonyl (C=O) groups excluding carboxylic acids is 3. The van der Waals surface area contributed by atoms with E-state index in [2.05, 4.69) is 25.7 Å². The lowest BCUT2D eigenvalue weighted by molar-refractivity contribution is -0.684. The van der Waals surface area contributed by atoms with Crippen molar-refractivity contribution in [3.63, 3.8) is 0 Å². The molecule has 2 amide bonds. The van der Waals surface area contributed by atoms with E-state index in [0.717, 1.165) is 16.0 Å². The molecule has 1 aromatic heterocycles. The second-order valence-electron chi connectivity index (χ2n) is 11.4. The number of nitrogens with zero attached hydrogens (tertiary/aromatic N) is 3. The van der Waals surface area contributed by atoms with Crippen molar-refractivity contribution in [3.05, 3.63) is 65.6 Å². The third-order valence-corrected chi connectivity index (χ3v) is 9.41. The Morgan fingerprint density at radius 3 is 2.37 bits per heavy atom. The van der Waals surface area contributed by atoms with E-state index in [1.165, 1.54) is 16.7 Å². The van der Waals surface area contributed by atoms with Crippen LogP contribution in [0.1, 0.15) is 18.9 Å². The second kappa shape index (κ2) is 14.7. The van der Waals surface area contributed by atoms with Crippen molar-refractivity contribution < 1.29 is 56.8 Å². The van der Waals surface area contributed by atoms with Gasteiger partial charge in [-0.2, -0.15) is 9.83 Å². The lowest BCUT2D eigenvalue weighted by Crippen LogP contribution is -3.00. The number of ether oxygens (including phenoxy) is 2. The van der Waals surface area contributed by atoms with Crippen LogP contribution in [0.25, 0.3) is 0 Å². The lowest BCUT2D eigenvalue weighted by atomic mass is 9.76. The first-order valence-electron chi connectivity index (χ1n) is 13.7. The number of pyridine rings is 1. The van der Waals surface area contributed by atoms with Crippen LogP contribution in [0.15, 0.2) is 65.0 Å². The van der Waals surface area contributed by atoms with Gasteiger partial charge >= 0.3 is 5.97 Å². The van der Waals surface area contributed by atoms with Crippen molar-refractivity contribution in [2.45, 2.75) is 63.2 Å². The molecule has 0 radical (unpaired) electrons. The molecular weight excluding hydrogens is 699 g/mol. The van der Waals surface area contributed by atoms with E-state index in [0.29, 0.717) is 11.5 Å². The number of amides is 2. The quantitative estimate of drug-likeness (QED) is 0.0769. The van der Waals surface area contributed by atoms with Crippen LogP contribution < -0.4 is 39.0 Å². The molecule has 2 N–H and O–H groups in total. The number of rotatable bonds is 13. The zero-order valence-electron chi connectivity index (χ0n) is 24.9. The van der Waals surface area contributed by atoms with Crippen molar-refractivity contribution in [2.24, 2.45) is 17.6 Å². The van der Waals surface area contributed by atoms with Crippen LogP contribution in [0, 0.1) is 23.2 Å². The number of hydrogen-bond donors (Lipinski definition) is 1. The van der Waals surface area contributed by atoms with E-state index in [-0.39, 0.29) is 73.2 Å². The predicted molar refractivity (Wildman–Crippen MR) is 158 cm³/mol. The Kier molecular flexibility index (Phi) is 11.8. The van der Waals surface area contributed by atoms with Gasteiger partial charge in [-0.05, 0) is 49.8 Å². The number of fused-ring (bicyclic) bond motifs is 1. The van der Waals surface area contributed by atoms with Crippen molar-refractivity contribution in [1.82, 2.24) is 4.90 Å². The molecule has 2 aromatic rings. The zero-order chi connectivity index (χ0) is 30.6. The number of primary amides is 1. The first-order chi connectivity index (χ1) is 19.9. The van der Waals surface area contributed by atoms with Crippen LogP contribution in [0.4, 0.5) is 0 Å². The molecule has 0 aliphatic carbocycles. The Labute approximate surface area is 274 Å². The molecule has 0 spiro atoms. The fourth-order valence-corrected chi connectivity index (χ4v) is 7.79. The maximum Gasteiger partial charge on any atom is 0.355 e. The maximum absolute atomic E-state index is 13.6. The topological polar surface area (TPSA) is 136 Å². The smallest absolute Gasteiger partial charge is 0.355 e. The Hall–Kier alpha value is -2.93. The molecule has 230 valence electrons.